The molecule has 0 bridgehead atoms. The summed E-state index contributed by atoms with van der Waals surface area (Å²) in [6.07, 6.45) is 24.7. The lowest BCUT2D eigenvalue weighted by Gasteiger charge is -2.04. The van der Waals surface area contributed by atoms with Crippen molar-refractivity contribution >= 4 is 15.9 Å². The first kappa shape index (κ1) is 21.5. The monoisotopic (exact) mass is 360 g/mol. The summed E-state index contributed by atoms with van der Waals surface area (Å²) in [6, 6.07) is 0. The minimum Gasteiger partial charge on any atom is -0.0894 e. The van der Waals surface area contributed by atoms with Crippen molar-refractivity contribution < 1.29 is 0 Å². The van der Waals surface area contributed by atoms with Gasteiger partial charge < -0.3 is 0 Å². The SMILES string of the molecule is CCCCCCCCCCCCCCCCCCC(C)Br. The van der Waals surface area contributed by atoms with Gasteiger partial charge in [-0.15, -0.1) is 0 Å². The van der Waals surface area contributed by atoms with Crippen LogP contribution in [0, 0.1) is 0 Å². The molecular formula is C20H41Br. The minimum absolute atomic E-state index is 0.712. The van der Waals surface area contributed by atoms with Crippen LogP contribution in [0.2, 0.25) is 0 Å². The zero-order chi connectivity index (χ0) is 15.6. The summed E-state index contributed by atoms with van der Waals surface area (Å²) in [5.41, 5.74) is 0. The second-order valence-electron chi connectivity index (χ2n) is 6.87. The Morgan fingerprint density at radius 3 is 1.10 bits per heavy atom. The third kappa shape index (κ3) is 20.5. The summed E-state index contributed by atoms with van der Waals surface area (Å²) in [5, 5.41) is 0. The highest BCUT2D eigenvalue weighted by Gasteiger charge is 1.96. The van der Waals surface area contributed by atoms with E-state index in [2.05, 4.69) is 29.8 Å². The lowest BCUT2D eigenvalue weighted by molar-refractivity contribution is 0.527. The smallest absolute Gasteiger partial charge is 0.0117 e. The van der Waals surface area contributed by atoms with Crippen LogP contribution in [0.3, 0.4) is 0 Å². The van der Waals surface area contributed by atoms with E-state index in [0.717, 1.165) is 0 Å². The van der Waals surface area contributed by atoms with Gasteiger partial charge in [-0.25, -0.2) is 0 Å². The Morgan fingerprint density at radius 1 is 0.524 bits per heavy atom. The summed E-state index contributed by atoms with van der Waals surface area (Å²) < 4.78 is 0. The van der Waals surface area contributed by atoms with Crippen molar-refractivity contribution in [2.24, 2.45) is 0 Å². The van der Waals surface area contributed by atoms with E-state index in [1.807, 2.05) is 0 Å². The van der Waals surface area contributed by atoms with Crippen molar-refractivity contribution in [2.45, 2.75) is 128 Å². The minimum atomic E-state index is 0.712. The molecule has 0 aromatic rings. The molecule has 1 unspecified atom stereocenters. The Bertz CT molecular complexity index is 177. The van der Waals surface area contributed by atoms with Gasteiger partial charge in [0.2, 0.25) is 0 Å². The van der Waals surface area contributed by atoms with Crippen LogP contribution in [0.25, 0.3) is 0 Å². The molecule has 128 valence electrons. The van der Waals surface area contributed by atoms with E-state index < -0.39 is 0 Å². The lowest BCUT2D eigenvalue weighted by Crippen LogP contribution is -1.89. The first-order valence-electron chi connectivity index (χ1n) is 9.91. The number of rotatable bonds is 17. The van der Waals surface area contributed by atoms with Crippen LogP contribution >= 0.6 is 15.9 Å². The Morgan fingerprint density at radius 2 is 0.810 bits per heavy atom. The Balaban J connectivity index is 2.93. The second-order valence-corrected chi connectivity index (χ2v) is 8.44. The number of hydrogen-bond acceptors (Lipinski definition) is 0. The molecule has 0 rings (SSSR count). The third-order valence-corrected chi connectivity index (χ3v) is 4.91. The molecule has 0 saturated carbocycles. The van der Waals surface area contributed by atoms with E-state index in [1.54, 1.807) is 0 Å². The molecule has 0 aromatic heterocycles. The molecule has 0 aromatic carbocycles. The van der Waals surface area contributed by atoms with Crippen molar-refractivity contribution in [3.05, 3.63) is 0 Å². The molecule has 0 spiro atoms. The average molecular weight is 361 g/mol. The van der Waals surface area contributed by atoms with Gasteiger partial charge >= 0.3 is 0 Å². The number of unbranched alkanes of at least 4 members (excludes halogenated alkanes) is 15. The summed E-state index contributed by atoms with van der Waals surface area (Å²) >= 11 is 3.62. The zero-order valence-electron chi connectivity index (χ0n) is 15.0. The van der Waals surface area contributed by atoms with Gasteiger partial charge in [0.25, 0.3) is 0 Å². The van der Waals surface area contributed by atoms with Gasteiger partial charge in [-0.2, -0.15) is 0 Å². The maximum absolute atomic E-state index is 3.62. The Hall–Kier alpha value is 0.480. The fourth-order valence-corrected chi connectivity index (χ4v) is 3.30. The number of hydrogen-bond donors (Lipinski definition) is 0. The Labute approximate surface area is 144 Å². The molecule has 0 radical (unpaired) electrons. The molecule has 0 saturated heterocycles. The van der Waals surface area contributed by atoms with Crippen molar-refractivity contribution in [1.82, 2.24) is 0 Å². The van der Waals surface area contributed by atoms with Gasteiger partial charge in [-0.3, -0.25) is 0 Å². The van der Waals surface area contributed by atoms with Crippen LogP contribution in [-0.4, -0.2) is 4.83 Å². The van der Waals surface area contributed by atoms with Crippen molar-refractivity contribution in [3.63, 3.8) is 0 Å². The van der Waals surface area contributed by atoms with Gasteiger partial charge in [-0.05, 0) is 6.42 Å². The van der Waals surface area contributed by atoms with E-state index in [0.29, 0.717) is 4.83 Å². The summed E-state index contributed by atoms with van der Waals surface area (Å²) in [5.74, 6) is 0. The quantitative estimate of drug-likeness (QED) is 0.180. The highest BCUT2D eigenvalue weighted by atomic mass is 79.9. The predicted molar refractivity (Wildman–Crippen MR) is 103 cm³/mol. The van der Waals surface area contributed by atoms with Crippen LogP contribution in [0.4, 0.5) is 0 Å². The summed E-state index contributed by atoms with van der Waals surface area (Å²) in [4.78, 5) is 0.712. The standard InChI is InChI=1S/C20H41Br/c1-3-4-5-6-7-8-9-10-11-12-13-14-15-16-17-18-19-20(2)21/h20H,3-19H2,1-2H3. The fraction of sp³-hybridized carbons (Fsp3) is 1.00. The first-order valence-corrected chi connectivity index (χ1v) is 10.8. The molecule has 0 aliphatic rings. The summed E-state index contributed by atoms with van der Waals surface area (Å²) in [7, 11) is 0. The van der Waals surface area contributed by atoms with E-state index in [9.17, 15) is 0 Å². The van der Waals surface area contributed by atoms with E-state index in [-0.39, 0.29) is 0 Å². The largest absolute Gasteiger partial charge is 0.0894 e. The van der Waals surface area contributed by atoms with Gasteiger partial charge in [0.15, 0.2) is 0 Å². The number of halogens is 1. The topological polar surface area (TPSA) is 0 Å². The second kappa shape index (κ2) is 18.5. The predicted octanol–water partition coefficient (Wildman–Crippen LogP) is 8.42. The van der Waals surface area contributed by atoms with Gasteiger partial charge in [0, 0.05) is 4.83 Å². The molecule has 0 heterocycles. The molecule has 21 heavy (non-hydrogen) atoms. The molecule has 0 nitrogen and oxygen atoms in total. The molecular weight excluding hydrogens is 320 g/mol. The van der Waals surface area contributed by atoms with E-state index in [1.165, 1.54) is 109 Å². The molecule has 0 N–H and O–H groups in total. The van der Waals surface area contributed by atoms with Crippen molar-refractivity contribution in [1.29, 1.82) is 0 Å². The number of alkyl halides is 1. The maximum atomic E-state index is 3.62. The molecule has 0 fully saturated rings. The molecule has 1 heteroatoms. The van der Waals surface area contributed by atoms with Crippen LogP contribution in [0.5, 0.6) is 0 Å². The van der Waals surface area contributed by atoms with Crippen LogP contribution in [0.15, 0.2) is 0 Å². The lowest BCUT2D eigenvalue weighted by atomic mass is 10.0. The van der Waals surface area contributed by atoms with Gasteiger partial charge in [0.05, 0.1) is 0 Å². The Kier molecular flexibility index (Phi) is 19.0. The summed E-state index contributed by atoms with van der Waals surface area (Å²) in [6.45, 7) is 4.55. The normalized spacial score (nSPS) is 12.7. The fourth-order valence-electron chi connectivity index (χ4n) is 2.97. The molecule has 0 aliphatic heterocycles. The van der Waals surface area contributed by atoms with Crippen molar-refractivity contribution in [2.75, 3.05) is 0 Å². The van der Waals surface area contributed by atoms with Crippen LogP contribution < -0.4 is 0 Å². The zero-order valence-corrected chi connectivity index (χ0v) is 16.6. The van der Waals surface area contributed by atoms with Crippen LogP contribution in [0.1, 0.15) is 123 Å². The van der Waals surface area contributed by atoms with E-state index >= 15 is 0 Å². The molecule has 0 amide bonds. The van der Waals surface area contributed by atoms with Crippen LogP contribution in [-0.2, 0) is 0 Å². The maximum Gasteiger partial charge on any atom is 0.0117 e. The van der Waals surface area contributed by atoms with E-state index in [4.69, 9.17) is 0 Å². The average Bonchev–Trinajstić information content (AvgIpc) is 2.46. The van der Waals surface area contributed by atoms with Gasteiger partial charge in [-0.1, -0.05) is 133 Å². The third-order valence-electron chi connectivity index (χ3n) is 4.46. The molecule has 1 atom stereocenters. The van der Waals surface area contributed by atoms with Gasteiger partial charge in [0.1, 0.15) is 0 Å². The highest BCUT2D eigenvalue weighted by Crippen LogP contribution is 2.15. The first-order chi connectivity index (χ1) is 10.3. The molecule has 0 aliphatic carbocycles. The highest BCUT2D eigenvalue weighted by molar-refractivity contribution is 9.09. The van der Waals surface area contributed by atoms with Crippen molar-refractivity contribution in [3.8, 4) is 0 Å².